The predicted molar refractivity (Wildman–Crippen MR) is 121 cm³/mol. The summed E-state index contributed by atoms with van der Waals surface area (Å²) >= 11 is 2.20. The van der Waals surface area contributed by atoms with Gasteiger partial charge in [-0.2, -0.15) is 0 Å². The summed E-state index contributed by atoms with van der Waals surface area (Å²) in [6.07, 6.45) is 19.9. The summed E-state index contributed by atoms with van der Waals surface area (Å²) in [4.78, 5) is 1.73. The van der Waals surface area contributed by atoms with Crippen molar-refractivity contribution in [2.24, 2.45) is 0 Å². The molecule has 0 nitrogen and oxygen atoms in total. The third kappa shape index (κ3) is 5.94. The SMILES string of the molecule is CCCCS/C(=C\c1ccccc1)B(C1CCCCC1)C1CCCCC1. The maximum absolute atomic E-state index is 2.56. The molecule has 2 aliphatic rings. The molecule has 0 atom stereocenters. The molecule has 2 fully saturated rings. The van der Waals surface area contributed by atoms with Gasteiger partial charge in [-0.1, -0.05) is 126 Å². The van der Waals surface area contributed by atoms with Crippen LogP contribution < -0.4 is 0 Å². The molecule has 0 unspecified atom stereocenters. The van der Waals surface area contributed by atoms with E-state index in [1.165, 1.54) is 88.4 Å². The van der Waals surface area contributed by atoms with Gasteiger partial charge in [-0.3, -0.25) is 0 Å². The van der Waals surface area contributed by atoms with Crippen LogP contribution in [0.5, 0.6) is 0 Å². The van der Waals surface area contributed by atoms with Crippen molar-refractivity contribution in [1.29, 1.82) is 0 Å². The molecule has 0 bridgehead atoms. The van der Waals surface area contributed by atoms with Crippen LogP contribution in [0.25, 0.3) is 6.08 Å². The second-order valence-corrected chi connectivity index (χ2v) is 9.65. The first kappa shape index (κ1) is 20.1. The van der Waals surface area contributed by atoms with Crippen LogP contribution in [0.4, 0.5) is 0 Å². The maximum atomic E-state index is 2.56. The third-order valence-corrected chi connectivity index (χ3v) is 7.74. The quantitative estimate of drug-likeness (QED) is 0.329. The molecular weight excluding hydrogens is 331 g/mol. The van der Waals surface area contributed by atoms with E-state index >= 15 is 0 Å². The van der Waals surface area contributed by atoms with Crippen molar-refractivity contribution < 1.29 is 0 Å². The Kier molecular flexibility index (Phi) is 8.72. The van der Waals surface area contributed by atoms with Gasteiger partial charge in [0.25, 0.3) is 0 Å². The first-order valence-electron chi connectivity index (χ1n) is 11.3. The molecule has 26 heavy (non-hydrogen) atoms. The molecule has 2 heteroatoms. The number of rotatable bonds is 8. The predicted octanol–water partition coefficient (Wildman–Crippen LogP) is 8.26. The van der Waals surface area contributed by atoms with Gasteiger partial charge < -0.3 is 0 Å². The Morgan fingerprint density at radius 2 is 1.50 bits per heavy atom. The smallest absolute Gasteiger partial charge is 0.140 e. The number of thioether (sulfide) groups is 1. The molecular formula is C24H37BS. The molecule has 0 heterocycles. The standard InChI is InChI=1S/C24H37BS/c1-2-3-19-26-24(20-21-13-7-4-8-14-21)25(22-15-9-5-10-16-22)23-17-11-6-12-18-23/h4,7-8,13-14,20,22-23H,2-3,5-6,9-12,15-19H2,1H3/b24-20-. The fourth-order valence-electron chi connectivity index (χ4n) is 5.12. The van der Waals surface area contributed by atoms with Crippen molar-refractivity contribution in [2.75, 3.05) is 5.75 Å². The average molecular weight is 368 g/mol. The van der Waals surface area contributed by atoms with Gasteiger partial charge in [0.2, 0.25) is 0 Å². The number of unbranched alkanes of at least 4 members (excludes halogenated alkanes) is 1. The monoisotopic (exact) mass is 368 g/mol. The van der Waals surface area contributed by atoms with Crippen molar-refractivity contribution in [3.05, 3.63) is 40.7 Å². The van der Waals surface area contributed by atoms with E-state index in [1.54, 1.807) is 4.80 Å². The summed E-state index contributed by atoms with van der Waals surface area (Å²) in [5.41, 5.74) is 1.41. The van der Waals surface area contributed by atoms with Crippen molar-refractivity contribution in [3.8, 4) is 0 Å². The molecule has 142 valence electrons. The third-order valence-electron chi connectivity index (χ3n) is 6.52. The van der Waals surface area contributed by atoms with E-state index in [2.05, 4.69) is 55.1 Å². The molecule has 0 amide bonds. The van der Waals surface area contributed by atoms with E-state index in [0.717, 1.165) is 18.3 Å². The van der Waals surface area contributed by atoms with Gasteiger partial charge in [0, 0.05) is 0 Å². The lowest BCUT2D eigenvalue weighted by Crippen LogP contribution is -2.31. The molecule has 1 aromatic carbocycles. The highest BCUT2D eigenvalue weighted by molar-refractivity contribution is 8.05. The summed E-state index contributed by atoms with van der Waals surface area (Å²) < 4.78 is 0. The average Bonchev–Trinajstić information content (AvgIpc) is 2.71. The van der Waals surface area contributed by atoms with Crippen LogP contribution in [-0.4, -0.2) is 12.5 Å². The fraction of sp³-hybridized carbons (Fsp3) is 0.667. The van der Waals surface area contributed by atoms with E-state index in [0.29, 0.717) is 0 Å². The van der Waals surface area contributed by atoms with Gasteiger partial charge in [0.05, 0.1) is 0 Å². The Bertz CT molecular complexity index is 508. The van der Waals surface area contributed by atoms with Gasteiger partial charge in [-0.15, -0.1) is 11.8 Å². The normalized spacial score (nSPS) is 20.3. The van der Waals surface area contributed by atoms with E-state index in [1.807, 2.05) is 0 Å². The Balaban J connectivity index is 1.86. The zero-order chi connectivity index (χ0) is 18.0. The van der Waals surface area contributed by atoms with Gasteiger partial charge in [0.1, 0.15) is 0 Å². The second kappa shape index (κ2) is 11.3. The second-order valence-electron chi connectivity index (χ2n) is 8.48. The Morgan fingerprint density at radius 3 is 2.04 bits per heavy atom. The molecule has 0 spiro atoms. The molecule has 0 aromatic heterocycles. The molecule has 3 rings (SSSR count). The summed E-state index contributed by atoms with van der Waals surface area (Å²) in [6, 6.07) is 11.1. The van der Waals surface area contributed by atoms with E-state index in [-0.39, 0.29) is 0 Å². The highest BCUT2D eigenvalue weighted by Crippen LogP contribution is 2.46. The van der Waals surface area contributed by atoms with Gasteiger partial charge in [0.15, 0.2) is 6.71 Å². The lowest BCUT2D eigenvalue weighted by atomic mass is 9.30. The molecule has 1 aromatic rings. The maximum Gasteiger partial charge on any atom is 0.190 e. The van der Waals surface area contributed by atoms with Gasteiger partial charge in [-0.25, -0.2) is 0 Å². The summed E-state index contributed by atoms with van der Waals surface area (Å²) in [6.45, 7) is 3.15. The zero-order valence-corrected chi connectivity index (χ0v) is 17.6. The van der Waals surface area contributed by atoms with E-state index in [9.17, 15) is 0 Å². The number of hydrogen-bond donors (Lipinski definition) is 0. The number of benzene rings is 1. The van der Waals surface area contributed by atoms with Crippen LogP contribution in [0.1, 0.15) is 89.5 Å². The first-order valence-corrected chi connectivity index (χ1v) is 12.3. The Labute approximate surface area is 166 Å². The van der Waals surface area contributed by atoms with Crippen LogP contribution in [0.2, 0.25) is 11.6 Å². The molecule has 2 aliphatic carbocycles. The first-order chi connectivity index (χ1) is 12.9. The van der Waals surface area contributed by atoms with Gasteiger partial charge >= 0.3 is 0 Å². The van der Waals surface area contributed by atoms with Crippen LogP contribution in [0.15, 0.2) is 35.1 Å². The molecule has 0 radical (unpaired) electrons. The largest absolute Gasteiger partial charge is 0.190 e. The fourth-order valence-corrected chi connectivity index (χ4v) is 6.58. The van der Waals surface area contributed by atoms with Crippen molar-refractivity contribution in [1.82, 2.24) is 0 Å². The lowest BCUT2D eigenvalue weighted by Gasteiger charge is -2.37. The Hall–Kier alpha value is -0.625. The minimum absolute atomic E-state index is 0.831. The number of hydrogen-bond acceptors (Lipinski definition) is 1. The topological polar surface area (TPSA) is 0 Å². The van der Waals surface area contributed by atoms with Crippen LogP contribution in [0.3, 0.4) is 0 Å². The summed E-state index contributed by atoms with van der Waals surface area (Å²) in [5, 5.41) is 0. The molecule has 0 saturated heterocycles. The van der Waals surface area contributed by atoms with E-state index in [4.69, 9.17) is 0 Å². The van der Waals surface area contributed by atoms with Crippen LogP contribution >= 0.6 is 11.8 Å². The minimum atomic E-state index is 0.831. The zero-order valence-electron chi connectivity index (χ0n) is 16.8. The van der Waals surface area contributed by atoms with Crippen LogP contribution in [-0.2, 0) is 0 Å². The minimum Gasteiger partial charge on any atom is -0.140 e. The lowest BCUT2D eigenvalue weighted by molar-refractivity contribution is 0.464. The highest BCUT2D eigenvalue weighted by atomic mass is 32.2. The van der Waals surface area contributed by atoms with Crippen molar-refractivity contribution >= 4 is 24.6 Å². The Morgan fingerprint density at radius 1 is 0.923 bits per heavy atom. The van der Waals surface area contributed by atoms with Gasteiger partial charge in [-0.05, 0) is 22.5 Å². The van der Waals surface area contributed by atoms with Crippen molar-refractivity contribution in [3.63, 3.8) is 0 Å². The van der Waals surface area contributed by atoms with Crippen LogP contribution in [0, 0.1) is 0 Å². The molecule has 2 saturated carbocycles. The van der Waals surface area contributed by atoms with E-state index < -0.39 is 0 Å². The summed E-state index contributed by atoms with van der Waals surface area (Å²) in [7, 11) is 0. The summed E-state index contributed by atoms with van der Waals surface area (Å²) in [5.74, 6) is 3.18. The molecule has 0 N–H and O–H groups in total. The van der Waals surface area contributed by atoms with Crippen molar-refractivity contribution in [2.45, 2.75) is 95.6 Å². The molecule has 0 aliphatic heterocycles. The highest BCUT2D eigenvalue weighted by Gasteiger charge is 2.37.